The summed E-state index contributed by atoms with van der Waals surface area (Å²) in [4.78, 5) is 12.3. The van der Waals surface area contributed by atoms with Crippen molar-refractivity contribution in [1.82, 2.24) is 9.88 Å². The Balaban J connectivity index is 1.76. The van der Waals surface area contributed by atoms with Gasteiger partial charge in [0.2, 0.25) is 10.0 Å². The molecule has 128 valence electrons. The van der Waals surface area contributed by atoms with E-state index in [1.807, 2.05) is 0 Å². The van der Waals surface area contributed by atoms with Crippen LogP contribution in [0, 0.1) is 13.8 Å². The van der Waals surface area contributed by atoms with E-state index >= 15 is 0 Å². The van der Waals surface area contributed by atoms with Gasteiger partial charge in [-0.25, -0.2) is 17.9 Å². The predicted molar refractivity (Wildman–Crippen MR) is 84.9 cm³/mol. The van der Waals surface area contributed by atoms with Gasteiger partial charge in [-0.2, -0.15) is 0 Å². The summed E-state index contributed by atoms with van der Waals surface area (Å²) in [7, 11) is -3.62. The van der Waals surface area contributed by atoms with Crippen LogP contribution in [-0.2, 0) is 21.4 Å². The number of ether oxygens (including phenoxy) is 1. The summed E-state index contributed by atoms with van der Waals surface area (Å²) in [5.74, 6) is -0.178. The van der Waals surface area contributed by atoms with Gasteiger partial charge >= 0.3 is 5.97 Å². The minimum atomic E-state index is -3.62. The van der Waals surface area contributed by atoms with E-state index in [-0.39, 0.29) is 23.1 Å². The second kappa shape index (κ2) is 6.37. The Morgan fingerprint density at radius 2 is 2.08 bits per heavy atom. The van der Waals surface area contributed by atoms with Gasteiger partial charge in [-0.1, -0.05) is 11.2 Å². The van der Waals surface area contributed by atoms with Crippen LogP contribution < -0.4 is 4.72 Å². The van der Waals surface area contributed by atoms with Crippen LogP contribution in [0.25, 0.3) is 0 Å². The Bertz CT molecular complexity index is 868. The van der Waals surface area contributed by atoms with Crippen molar-refractivity contribution in [3.63, 3.8) is 0 Å². The molecule has 0 bridgehead atoms. The van der Waals surface area contributed by atoms with Gasteiger partial charge in [0, 0.05) is 12.1 Å². The van der Waals surface area contributed by atoms with E-state index in [4.69, 9.17) is 9.26 Å². The molecular formula is C16H18N2O5S. The third-order valence-corrected chi connectivity index (χ3v) is 5.18. The van der Waals surface area contributed by atoms with E-state index < -0.39 is 16.0 Å². The van der Waals surface area contributed by atoms with Crippen molar-refractivity contribution in [1.29, 1.82) is 0 Å². The molecule has 1 heterocycles. The lowest BCUT2D eigenvalue weighted by Crippen LogP contribution is -2.26. The van der Waals surface area contributed by atoms with Crippen molar-refractivity contribution in [3.8, 4) is 0 Å². The van der Waals surface area contributed by atoms with Crippen LogP contribution in [-0.4, -0.2) is 25.6 Å². The van der Waals surface area contributed by atoms with Crippen molar-refractivity contribution in [2.45, 2.75) is 44.2 Å². The van der Waals surface area contributed by atoms with Gasteiger partial charge < -0.3 is 9.26 Å². The minimum Gasteiger partial charge on any atom is -0.454 e. The van der Waals surface area contributed by atoms with E-state index in [0.29, 0.717) is 17.0 Å². The maximum atomic E-state index is 12.3. The number of benzene rings is 1. The molecule has 1 aliphatic carbocycles. The maximum absolute atomic E-state index is 12.3. The quantitative estimate of drug-likeness (QED) is 0.801. The molecule has 0 amide bonds. The number of carbonyl (C=O) groups excluding carboxylic acids is 1. The first-order chi connectivity index (χ1) is 11.3. The fourth-order valence-electron chi connectivity index (χ4n) is 2.18. The van der Waals surface area contributed by atoms with Gasteiger partial charge in [0.05, 0.1) is 16.2 Å². The molecule has 24 heavy (non-hydrogen) atoms. The number of aryl methyl sites for hydroxylation is 2. The molecule has 0 radical (unpaired) electrons. The van der Waals surface area contributed by atoms with E-state index in [2.05, 4.69) is 9.88 Å². The van der Waals surface area contributed by atoms with Crippen LogP contribution in [0.4, 0.5) is 0 Å². The normalized spacial score (nSPS) is 14.6. The van der Waals surface area contributed by atoms with E-state index in [1.54, 1.807) is 26.0 Å². The number of hydrogen-bond donors (Lipinski definition) is 1. The van der Waals surface area contributed by atoms with E-state index in [0.717, 1.165) is 12.8 Å². The van der Waals surface area contributed by atoms with E-state index in [9.17, 15) is 13.2 Å². The van der Waals surface area contributed by atoms with Crippen molar-refractivity contribution in [3.05, 3.63) is 46.8 Å². The second-order valence-electron chi connectivity index (χ2n) is 5.88. The van der Waals surface area contributed by atoms with Crippen molar-refractivity contribution in [2.75, 3.05) is 0 Å². The Morgan fingerprint density at radius 1 is 1.33 bits per heavy atom. The monoisotopic (exact) mass is 350 g/mol. The van der Waals surface area contributed by atoms with Crippen molar-refractivity contribution >= 4 is 16.0 Å². The number of sulfonamides is 1. The number of rotatable bonds is 6. The SMILES string of the molecule is Cc1cc(COC(=O)c2cc(S(=O)(=O)NC3CC3)ccc2C)on1. The Morgan fingerprint density at radius 3 is 2.71 bits per heavy atom. The van der Waals surface area contributed by atoms with Crippen molar-refractivity contribution < 1.29 is 22.5 Å². The van der Waals surface area contributed by atoms with Gasteiger partial charge in [-0.3, -0.25) is 0 Å². The Hall–Kier alpha value is -2.19. The fraction of sp³-hybridized carbons (Fsp3) is 0.375. The summed E-state index contributed by atoms with van der Waals surface area (Å²) in [6.45, 7) is 3.43. The average molecular weight is 350 g/mol. The topological polar surface area (TPSA) is 98.5 Å². The van der Waals surface area contributed by atoms with Gasteiger partial charge in [0.1, 0.15) is 0 Å². The molecule has 1 aromatic heterocycles. The fourth-order valence-corrected chi connectivity index (χ4v) is 3.51. The lowest BCUT2D eigenvalue weighted by Gasteiger charge is -2.10. The number of nitrogens with zero attached hydrogens (tertiary/aromatic N) is 1. The lowest BCUT2D eigenvalue weighted by molar-refractivity contribution is 0.0436. The molecule has 7 nitrogen and oxygen atoms in total. The molecule has 0 spiro atoms. The van der Waals surface area contributed by atoms with Crippen LogP contribution in [0.1, 0.15) is 40.2 Å². The van der Waals surface area contributed by atoms with Crippen LogP contribution >= 0.6 is 0 Å². The number of carbonyl (C=O) groups is 1. The van der Waals surface area contributed by atoms with Gasteiger partial charge in [0.25, 0.3) is 0 Å². The highest BCUT2D eigenvalue weighted by atomic mass is 32.2. The molecule has 3 rings (SSSR count). The molecule has 0 aliphatic heterocycles. The first-order valence-corrected chi connectivity index (χ1v) is 9.06. The lowest BCUT2D eigenvalue weighted by atomic mass is 10.1. The first-order valence-electron chi connectivity index (χ1n) is 7.57. The molecule has 8 heteroatoms. The van der Waals surface area contributed by atoms with Crippen molar-refractivity contribution in [2.24, 2.45) is 0 Å². The summed E-state index contributed by atoms with van der Waals surface area (Å²) < 4.78 is 37.3. The van der Waals surface area contributed by atoms with Crippen LogP contribution in [0.3, 0.4) is 0 Å². The zero-order valence-electron chi connectivity index (χ0n) is 13.4. The summed E-state index contributed by atoms with van der Waals surface area (Å²) >= 11 is 0. The molecule has 0 atom stereocenters. The highest BCUT2D eigenvalue weighted by Crippen LogP contribution is 2.23. The summed E-state index contributed by atoms with van der Waals surface area (Å²) in [6, 6.07) is 6.09. The van der Waals surface area contributed by atoms with Crippen LogP contribution in [0.5, 0.6) is 0 Å². The standard InChI is InChI=1S/C16H18N2O5S/c1-10-3-6-14(24(20,21)18-12-4-5-12)8-15(10)16(19)22-9-13-7-11(2)17-23-13/h3,6-8,12,18H,4-5,9H2,1-2H3. The van der Waals surface area contributed by atoms with E-state index in [1.165, 1.54) is 12.1 Å². The molecule has 0 unspecified atom stereocenters. The highest BCUT2D eigenvalue weighted by Gasteiger charge is 2.28. The molecule has 1 aliphatic rings. The zero-order chi connectivity index (χ0) is 17.3. The van der Waals surface area contributed by atoms with Gasteiger partial charge in [-0.05, 0) is 44.4 Å². The smallest absolute Gasteiger partial charge is 0.338 e. The minimum absolute atomic E-state index is 0.00129. The molecular weight excluding hydrogens is 332 g/mol. The predicted octanol–water partition coefficient (Wildman–Crippen LogP) is 2.09. The summed E-state index contributed by atoms with van der Waals surface area (Å²) in [6.07, 6.45) is 1.69. The Labute approximate surface area is 140 Å². The Kier molecular flexibility index (Phi) is 4.42. The molecule has 1 aromatic carbocycles. The summed E-state index contributed by atoms with van der Waals surface area (Å²) in [5.41, 5.74) is 1.54. The third-order valence-electron chi connectivity index (χ3n) is 3.66. The molecule has 1 N–H and O–H groups in total. The van der Waals surface area contributed by atoms with Crippen LogP contribution in [0.15, 0.2) is 33.7 Å². The number of nitrogens with one attached hydrogen (secondary N) is 1. The average Bonchev–Trinajstić information content (AvgIpc) is 3.23. The molecule has 2 aromatic rings. The number of esters is 1. The number of hydrogen-bond acceptors (Lipinski definition) is 6. The molecule has 1 saturated carbocycles. The largest absolute Gasteiger partial charge is 0.454 e. The van der Waals surface area contributed by atoms with Gasteiger partial charge in [-0.15, -0.1) is 0 Å². The highest BCUT2D eigenvalue weighted by molar-refractivity contribution is 7.89. The molecule has 1 fully saturated rings. The van der Waals surface area contributed by atoms with Crippen LogP contribution in [0.2, 0.25) is 0 Å². The number of aromatic nitrogens is 1. The summed E-state index contributed by atoms with van der Waals surface area (Å²) in [5, 5.41) is 3.71. The molecule has 0 saturated heterocycles. The van der Waals surface area contributed by atoms with Gasteiger partial charge in [0.15, 0.2) is 12.4 Å². The second-order valence-corrected chi connectivity index (χ2v) is 7.60. The first kappa shape index (κ1) is 16.7. The maximum Gasteiger partial charge on any atom is 0.338 e. The zero-order valence-corrected chi connectivity index (χ0v) is 14.2. The third kappa shape index (κ3) is 3.82.